The molecule has 98 valence electrons. The summed E-state index contributed by atoms with van der Waals surface area (Å²) in [7, 11) is 1.68. The number of ether oxygens (including phenoxy) is 2. The van der Waals surface area contributed by atoms with Crippen molar-refractivity contribution in [1.82, 2.24) is 10.2 Å². The highest BCUT2D eigenvalue weighted by molar-refractivity contribution is 5.75. The van der Waals surface area contributed by atoms with Gasteiger partial charge in [0, 0.05) is 39.4 Å². The fourth-order valence-electron chi connectivity index (χ4n) is 2.49. The first-order valence-electron chi connectivity index (χ1n) is 6.45. The highest BCUT2D eigenvalue weighted by Crippen LogP contribution is 2.31. The number of nitrogens with zero attached hydrogens (tertiary/aromatic N) is 1. The van der Waals surface area contributed by atoms with Gasteiger partial charge in [-0.15, -0.1) is 0 Å². The van der Waals surface area contributed by atoms with Crippen molar-refractivity contribution in [2.24, 2.45) is 0 Å². The van der Waals surface area contributed by atoms with Crippen molar-refractivity contribution >= 4 is 5.91 Å². The lowest BCUT2D eigenvalue weighted by molar-refractivity contribution is -0.185. The average molecular weight is 242 g/mol. The number of amides is 1. The van der Waals surface area contributed by atoms with E-state index >= 15 is 0 Å². The van der Waals surface area contributed by atoms with E-state index in [-0.39, 0.29) is 11.7 Å². The number of likely N-dealkylation sites (tertiary alicyclic amines) is 1. The van der Waals surface area contributed by atoms with Crippen LogP contribution in [0.5, 0.6) is 0 Å². The molecular formula is C12H22N2O3. The molecule has 2 heterocycles. The predicted octanol–water partition coefficient (Wildman–Crippen LogP) is 0.352. The Bertz CT molecular complexity index is 254. The zero-order valence-corrected chi connectivity index (χ0v) is 10.5. The molecule has 1 spiro atoms. The molecule has 0 bridgehead atoms. The summed E-state index contributed by atoms with van der Waals surface area (Å²) >= 11 is 0. The Morgan fingerprint density at radius 2 is 1.94 bits per heavy atom. The molecule has 0 saturated carbocycles. The van der Waals surface area contributed by atoms with Gasteiger partial charge in [0.05, 0.1) is 13.2 Å². The third-order valence-electron chi connectivity index (χ3n) is 3.59. The molecule has 5 nitrogen and oxygen atoms in total. The zero-order valence-electron chi connectivity index (χ0n) is 10.5. The van der Waals surface area contributed by atoms with Gasteiger partial charge in [-0.1, -0.05) is 0 Å². The number of piperidine rings is 1. The fraction of sp³-hybridized carbons (Fsp3) is 0.917. The zero-order chi connectivity index (χ0) is 12.1. The van der Waals surface area contributed by atoms with Gasteiger partial charge in [0.25, 0.3) is 0 Å². The molecule has 2 aliphatic heterocycles. The van der Waals surface area contributed by atoms with E-state index in [0.717, 1.165) is 52.1 Å². The predicted molar refractivity (Wildman–Crippen MR) is 63.6 cm³/mol. The third-order valence-corrected chi connectivity index (χ3v) is 3.59. The van der Waals surface area contributed by atoms with E-state index in [1.165, 1.54) is 0 Å². The molecule has 5 heteroatoms. The molecule has 0 aromatic rings. The monoisotopic (exact) mass is 242 g/mol. The maximum Gasteiger partial charge on any atom is 0.219 e. The van der Waals surface area contributed by atoms with Gasteiger partial charge in [0.2, 0.25) is 5.91 Å². The number of carbonyl (C=O) groups is 1. The minimum Gasteiger partial charge on any atom is -0.359 e. The van der Waals surface area contributed by atoms with Crippen LogP contribution in [0.2, 0.25) is 0 Å². The van der Waals surface area contributed by atoms with Crippen LogP contribution < -0.4 is 5.32 Å². The average Bonchev–Trinajstić information content (AvgIpc) is 2.80. The summed E-state index contributed by atoms with van der Waals surface area (Å²) in [6, 6.07) is 0. The molecule has 2 fully saturated rings. The molecule has 0 aromatic heterocycles. The Morgan fingerprint density at radius 3 is 2.53 bits per heavy atom. The van der Waals surface area contributed by atoms with Crippen LogP contribution in [0.1, 0.15) is 25.7 Å². The Kier molecular flexibility index (Phi) is 4.36. The maximum absolute atomic E-state index is 11.1. The molecular weight excluding hydrogens is 220 g/mol. The van der Waals surface area contributed by atoms with E-state index in [0.29, 0.717) is 6.42 Å². The molecule has 0 atom stereocenters. The van der Waals surface area contributed by atoms with Gasteiger partial charge >= 0.3 is 0 Å². The summed E-state index contributed by atoms with van der Waals surface area (Å²) in [4.78, 5) is 13.5. The molecule has 0 radical (unpaired) electrons. The SMILES string of the molecule is CNC(=O)CCCN1CCC2(CC1)OCCO2. The Morgan fingerprint density at radius 1 is 1.29 bits per heavy atom. The molecule has 0 aliphatic carbocycles. The van der Waals surface area contributed by atoms with Gasteiger partial charge in [-0.05, 0) is 13.0 Å². The summed E-state index contributed by atoms with van der Waals surface area (Å²) in [5.74, 6) is -0.155. The molecule has 1 N–H and O–H groups in total. The Balaban J connectivity index is 1.63. The van der Waals surface area contributed by atoms with Crippen LogP contribution in [0.25, 0.3) is 0 Å². The lowest BCUT2D eigenvalue weighted by atomic mass is 10.0. The van der Waals surface area contributed by atoms with Crippen LogP contribution in [0, 0.1) is 0 Å². The van der Waals surface area contributed by atoms with E-state index < -0.39 is 0 Å². The van der Waals surface area contributed by atoms with Gasteiger partial charge in [-0.3, -0.25) is 4.79 Å². The van der Waals surface area contributed by atoms with E-state index in [1.807, 2.05) is 0 Å². The molecule has 2 aliphatic rings. The molecule has 0 unspecified atom stereocenters. The first kappa shape index (κ1) is 12.8. The topological polar surface area (TPSA) is 50.8 Å². The smallest absolute Gasteiger partial charge is 0.219 e. The third kappa shape index (κ3) is 3.40. The highest BCUT2D eigenvalue weighted by Gasteiger charge is 2.39. The first-order valence-corrected chi connectivity index (χ1v) is 6.45. The second kappa shape index (κ2) is 5.80. The summed E-state index contributed by atoms with van der Waals surface area (Å²) < 4.78 is 11.4. The van der Waals surface area contributed by atoms with Gasteiger partial charge in [-0.25, -0.2) is 0 Å². The van der Waals surface area contributed by atoms with Gasteiger partial charge < -0.3 is 19.7 Å². The number of carbonyl (C=O) groups excluding carboxylic acids is 1. The molecule has 1 amide bonds. The number of hydrogen-bond acceptors (Lipinski definition) is 4. The van der Waals surface area contributed by atoms with Crippen LogP contribution in [0.15, 0.2) is 0 Å². The molecule has 17 heavy (non-hydrogen) atoms. The Labute approximate surface area is 102 Å². The van der Waals surface area contributed by atoms with Crippen LogP contribution in [0.3, 0.4) is 0 Å². The van der Waals surface area contributed by atoms with Crippen molar-refractivity contribution in [2.75, 3.05) is 39.9 Å². The van der Waals surface area contributed by atoms with E-state index in [1.54, 1.807) is 7.05 Å². The van der Waals surface area contributed by atoms with Crippen LogP contribution in [-0.4, -0.2) is 56.5 Å². The lowest BCUT2D eigenvalue weighted by Crippen LogP contribution is -2.45. The van der Waals surface area contributed by atoms with Gasteiger partial charge in [0.1, 0.15) is 0 Å². The maximum atomic E-state index is 11.1. The summed E-state index contributed by atoms with van der Waals surface area (Å²) in [5, 5.41) is 2.64. The second-order valence-electron chi connectivity index (χ2n) is 4.73. The number of rotatable bonds is 4. The molecule has 2 rings (SSSR count). The van der Waals surface area contributed by atoms with Crippen molar-refractivity contribution in [2.45, 2.75) is 31.5 Å². The summed E-state index contributed by atoms with van der Waals surface area (Å²) in [6.45, 7) is 4.47. The molecule has 2 saturated heterocycles. The van der Waals surface area contributed by atoms with E-state index in [4.69, 9.17) is 9.47 Å². The summed E-state index contributed by atoms with van der Waals surface area (Å²) in [6.07, 6.45) is 3.44. The van der Waals surface area contributed by atoms with Crippen molar-refractivity contribution in [3.8, 4) is 0 Å². The Hall–Kier alpha value is -0.650. The van der Waals surface area contributed by atoms with Crippen molar-refractivity contribution < 1.29 is 14.3 Å². The highest BCUT2D eigenvalue weighted by atomic mass is 16.7. The van der Waals surface area contributed by atoms with E-state index in [2.05, 4.69) is 10.2 Å². The van der Waals surface area contributed by atoms with Crippen LogP contribution in [0.4, 0.5) is 0 Å². The van der Waals surface area contributed by atoms with Crippen LogP contribution in [-0.2, 0) is 14.3 Å². The minimum absolute atomic E-state index is 0.126. The first-order chi connectivity index (χ1) is 8.24. The summed E-state index contributed by atoms with van der Waals surface area (Å²) in [5.41, 5.74) is 0. The lowest BCUT2D eigenvalue weighted by Gasteiger charge is -2.37. The van der Waals surface area contributed by atoms with E-state index in [9.17, 15) is 4.79 Å². The number of hydrogen-bond donors (Lipinski definition) is 1. The number of nitrogens with one attached hydrogen (secondary N) is 1. The second-order valence-corrected chi connectivity index (χ2v) is 4.73. The standard InChI is InChI=1S/C12H22N2O3/c1-13-11(15)3-2-6-14-7-4-12(5-8-14)16-9-10-17-12/h2-10H2,1H3,(H,13,15). The molecule has 0 aromatic carbocycles. The van der Waals surface area contributed by atoms with Crippen molar-refractivity contribution in [3.63, 3.8) is 0 Å². The quantitative estimate of drug-likeness (QED) is 0.773. The van der Waals surface area contributed by atoms with Gasteiger partial charge in [0.15, 0.2) is 5.79 Å². The fourth-order valence-corrected chi connectivity index (χ4v) is 2.49. The van der Waals surface area contributed by atoms with Gasteiger partial charge in [-0.2, -0.15) is 0 Å². The van der Waals surface area contributed by atoms with Crippen LogP contribution >= 0.6 is 0 Å². The minimum atomic E-state index is -0.280. The van der Waals surface area contributed by atoms with Crippen molar-refractivity contribution in [3.05, 3.63) is 0 Å². The van der Waals surface area contributed by atoms with Crippen molar-refractivity contribution in [1.29, 1.82) is 0 Å². The largest absolute Gasteiger partial charge is 0.359 e. The normalized spacial score (nSPS) is 24.1.